The van der Waals surface area contributed by atoms with E-state index in [1.807, 2.05) is 6.07 Å². The molecule has 41 heavy (non-hydrogen) atoms. The van der Waals surface area contributed by atoms with Gasteiger partial charge in [-0.15, -0.1) is 0 Å². The van der Waals surface area contributed by atoms with E-state index in [1.54, 1.807) is 0 Å². The van der Waals surface area contributed by atoms with Crippen molar-refractivity contribution in [3.63, 3.8) is 0 Å². The van der Waals surface area contributed by atoms with Gasteiger partial charge >= 0.3 is 5.97 Å². The van der Waals surface area contributed by atoms with Crippen molar-refractivity contribution in [1.29, 1.82) is 0 Å². The minimum absolute atomic E-state index is 0.0919. The number of benzene rings is 2. The van der Waals surface area contributed by atoms with E-state index >= 15 is 0 Å². The summed E-state index contributed by atoms with van der Waals surface area (Å²) in [6.45, 7) is 5.34. The molecule has 0 aromatic heterocycles. The third-order valence-electron chi connectivity index (χ3n) is 7.93. The van der Waals surface area contributed by atoms with Crippen LogP contribution in [0.5, 0.6) is 5.75 Å². The number of aryl methyl sites for hydroxylation is 1. The zero-order valence-electron chi connectivity index (χ0n) is 26.7. The van der Waals surface area contributed by atoms with Gasteiger partial charge in [0, 0.05) is 18.4 Å². The van der Waals surface area contributed by atoms with Gasteiger partial charge in [0.15, 0.2) is 0 Å². The average Bonchev–Trinajstić information content (AvgIpc) is 2.96. The minimum atomic E-state index is -0.0919. The Balaban J connectivity index is 1.47. The van der Waals surface area contributed by atoms with Crippen molar-refractivity contribution in [2.45, 2.75) is 123 Å². The molecule has 0 fully saturated rings. The van der Waals surface area contributed by atoms with Gasteiger partial charge in [-0.2, -0.15) is 0 Å². The van der Waals surface area contributed by atoms with E-state index in [1.165, 1.54) is 88.2 Å². The first-order chi connectivity index (χ1) is 20.0. The molecule has 2 aromatic rings. The number of hydrogen-bond donors (Lipinski definition) is 0. The Hall–Kier alpha value is -2.33. The molecule has 0 atom stereocenters. The lowest BCUT2D eigenvalue weighted by molar-refractivity contribution is -0.903. The number of rotatable bonds is 25. The van der Waals surface area contributed by atoms with Gasteiger partial charge in [-0.1, -0.05) is 126 Å². The number of ether oxygens (including phenoxy) is 2. The molecule has 4 nitrogen and oxygen atoms in total. The summed E-state index contributed by atoms with van der Waals surface area (Å²) in [5, 5.41) is 0. The van der Waals surface area contributed by atoms with Crippen LogP contribution in [-0.4, -0.2) is 44.3 Å². The lowest BCUT2D eigenvalue weighted by atomic mass is 10.0. The molecule has 2 rings (SSSR count). The van der Waals surface area contributed by atoms with Crippen LogP contribution in [0.2, 0.25) is 0 Å². The number of unbranched alkanes of at least 4 members (excludes halogenated alkanes) is 12. The van der Waals surface area contributed by atoms with E-state index in [0.29, 0.717) is 19.6 Å². The monoisotopic (exact) mass is 566 g/mol. The number of nitrogens with zero attached hydrogens (tertiary/aromatic N) is 1. The predicted octanol–water partition coefficient (Wildman–Crippen LogP) is 9.69. The second-order valence-electron chi connectivity index (χ2n) is 12.4. The second-order valence-corrected chi connectivity index (χ2v) is 12.4. The molecule has 0 radical (unpaired) electrons. The number of carbonyl (C=O) groups is 1. The van der Waals surface area contributed by atoms with E-state index in [0.717, 1.165) is 49.0 Å². The van der Waals surface area contributed by atoms with Gasteiger partial charge in [-0.25, -0.2) is 0 Å². The first kappa shape index (κ1) is 34.9. The van der Waals surface area contributed by atoms with Gasteiger partial charge in [0.1, 0.15) is 12.3 Å². The molecule has 0 saturated heterocycles. The number of esters is 1. The standard InChI is InChI=1S/C37H60NO3/c1-4-5-6-7-8-9-10-11-12-13-14-18-26-35-27-19-20-28-36(35)40-31-23-32-41-37(39)29-21-22-30-38(2,3)33-34-24-16-15-17-25-34/h15-17,19-20,24-25,27-28H,4-14,18,21-23,26,29-33H2,1-3H3/q+1. The lowest BCUT2D eigenvalue weighted by Crippen LogP contribution is -2.39. The Morgan fingerprint density at radius 1 is 0.659 bits per heavy atom. The molecule has 0 saturated carbocycles. The fraction of sp³-hybridized carbons (Fsp3) is 0.649. The van der Waals surface area contributed by atoms with E-state index in [2.05, 4.69) is 69.6 Å². The van der Waals surface area contributed by atoms with Crippen LogP contribution in [0.3, 0.4) is 0 Å². The Labute approximate surface area is 252 Å². The Morgan fingerprint density at radius 3 is 1.95 bits per heavy atom. The first-order valence-electron chi connectivity index (χ1n) is 16.7. The normalized spacial score (nSPS) is 11.5. The van der Waals surface area contributed by atoms with Crippen LogP contribution in [-0.2, 0) is 22.5 Å². The van der Waals surface area contributed by atoms with Crippen LogP contribution in [0.25, 0.3) is 0 Å². The molecule has 0 aliphatic rings. The Morgan fingerprint density at radius 2 is 1.27 bits per heavy atom. The van der Waals surface area contributed by atoms with Crippen LogP contribution in [0.1, 0.15) is 121 Å². The molecule has 0 heterocycles. The van der Waals surface area contributed by atoms with Crippen LogP contribution < -0.4 is 4.74 Å². The molecular formula is C37H60NO3+. The van der Waals surface area contributed by atoms with Crippen molar-refractivity contribution >= 4 is 5.97 Å². The summed E-state index contributed by atoms with van der Waals surface area (Å²) >= 11 is 0. The molecule has 230 valence electrons. The molecule has 0 aliphatic heterocycles. The van der Waals surface area contributed by atoms with Crippen molar-refractivity contribution in [3.8, 4) is 5.75 Å². The van der Waals surface area contributed by atoms with Crippen molar-refractivity contribution in [2.75, 3.05) is 33.9 Å². The molecule has 4 heteroatoms. The number of hydrogen-bond acceptors (Lipinski definition) is 3. The van der Waals surface area contributed by atoms with E-state index in [9.17, 15) is 4.79 Å². The fourth-order valence-corrected chi connectivity index (χ4v) is 5.47. The Kier molecular flexibility index (Phi) is 19.0. The summed E-state index contributed by atoms with van der Waals surface area (Å²) in [5.41, 5.74) is 2.65. The predicted molar refractivity (Wildman–Crippen MR) is 173 cm³/mol. The lowest BCUT2D eigenvalue weighted by Gasteiger charge is -2.30. The zero-order valence-corrected chi connectivity index (χ0v) is 26.7. The summed E-state index contributed by atoms with van der Waals surface area (Å²) in [6.07, 6.45) is 20.6. The summed E-state index contributed by atoms with van der Waals surface area (Å²) in [7, 11) is 4.50. The maximum atomic E-state index is 12.2. The average molecular weight is 567 g/mol. The number of para-hydroxylation sites is 1. The third kappa shape index (κ3) is 18.0. The smallest absolute Gasteiger partial charge is 0.305 e. The van der Waals surface area contributed by atoms with Gasteiger partial charge < -0.3 is 14.0 Å². The van der Waals surface area contributed by atoms with Crippen LogP contribution in [0.15, 0.2) is 54.6 Å². The molecule has 2 aromatic carbocycles. The van der Waals surface area contributed by atoms with E-state index < -0.39 is 0 Å². The molecular weight excluding hydrogens is 506 g/mol. The molecule has 0 unspecified atom stereocenters. The van der Waals surface area contributed by atoms with Gasteiger partial charge in [0.05, 0.1) is 33.9 Å². The zero-order chi connectivity index (χ0) is 29.4. The maximum absolute atomic E-state index is 12.2. The fourth-order valence-electron chi connectivity index (χ4n) is 5.47. The summed E-state index contributed by atoms with van der Waals surface area (Å²) in [5.74, 6) is 0.892. The molecule has 0 aliphatic carbocycles. The molecule has 0 amide bonds. The van der Waals surface area contributed by atoms with E-state index in [-0.39, 0.29) is 5.97 Å². The van der Waals surface area contributed by atoms with Crippen molar-refractivity contribution in [3.05, 3.63) is 65.7 Å². The summed E-state index contributed by atoms with van der Waals surface area (Å²) in [6, 6.07) is 19.0. The first-order valence-corrected chi connectivity index (χ1v) is 16.7. The highest BCUT2D eigenvalue weighted by atomic mass is 16.5. The van der Waals surface area contributed by atoms with Crippen molar-refractivity contribution in [2.24, 2.45) is 0 Å². The molecule has 0 N–H and O–H groups in total. The Bertz CT molecular complexity index is 911. The second kappa shape index (κ2) is 22.3. The highest BCUT2D eigenvalue weighted by Gasteiger charge is 2.15. The quantitative estimate of drug-likeness (QED) is 0.0682. The number of quaternary nitrogens is 1. The highest BCUT2D eigenvalue weighted by molar-refractivity contribution is 5.69. The molecule has 0 spiro atoms. The van der Waals surface area contributed by atoms with Crippen LogP contribution in [0, 0.1) is 0 Å². The van der Waals surface area contributed by atoms with Gasteiger partial charge in [0.25, 0.3) is 0 Å². The summed E-state index contributed by atoms with van der Waals surface area (Å²) < 4.78 is 12.5. The van der Waals surface area contributed by atoms with Gasteiger partial charge in [0.2, 0.25) is 0 Å². The summed E-state index contributed by atoms with van der Waals surface area (Å²) in [4.78, 5) is 12.2. The van der Waals surface area contributed by atoms with Gasteiger partial charge in [-0.3, -0.25) is 4.79 Å². The largest absolute Gasteiger partial charge is 0.493 e. The third-order valence-corrected chi connectivity index (χ3v) is 7.93. The number of carbonyl (C=O) groups excluding carboxylic acids is 1. The maximum Gasteiger partial charge on any atom is 0.305 e. The topological polar surface area (TPSA) is 35.5 Å². The van der Waals surface area contributed by atoms with E-state index in [4.69, 9.17) is 9.47 Å². The minimum Gasteiger partial charge on any atom is -0.493 e. The van der Waals surface area contributed by atoms with Gasteiger partial charge in [-0.05, 0) is 37.3 Å². The van der Waals surface area contributed by atoms with Crippen molar-refractivity contribution in [1.82, 2.24) is 0 Å². The highest BCUT2D eigenvalue weighted by Crippen LogP contribution is 2.21. The van der Waals surface area contributed by atoms with Crippen molar-refractivity contribution < 1.29 is 18.8 Å². The SMILES string of the molecule is CCCCCCCCCCCCCCc1ccccc1OCCCOC(=O)CCCC[N+](C)(C)Cc1ccccc1. The van der Waals surface area contributed by atoms with Crippen LogP contribution in [0.4, 0.5) is 0 Å². The molecule has 0 bridgehead atoms. The van der Waals surface area contributed by atoms with Crippen LogP contribution >= 0.6 is 0 Å².